The molecule has 2 aromatic carbocycles. The Bertz CT molecular complexity index is 777. The number of benzene rings is 2. The molecule has 0 aliphatic carbocycles. The summed E-state index contributed by atoms with van der Waals surface area (Å²) < 4.78 is 5.32. The lowest BCUT2D eigenvalue weighted by Gasteiger charge is -2.34. The van der Waals surface area contributed by atoms with E-state index >= 15 is 0 Å². The summed E-state index contributed by atoms with van der Waals surface area (Å²) in [5, 5.41) is 0. The average Bonchev–Trinajstić information content (AvgIpc) is 2.68. The molecule has 0 atom stereocenters. The molecule has 3 rings (SSSR count). The van der Waals surface area contributed by atoms with E-state index < -0.39 is 0 Å². The van der Waals surface area contributed by atoms with Crippen molar-refractivity contribution < 1.29 is 9.53 Å². The largest absolute Gasteiger partial charge is 0.496 e. The molecule has 0 bridgehead atoms. The third-order valence-electron chi connectivity index (χ3n) is 4.88. The van der Waals surface area contributed by atoms with Crippen molar-refractivity contribution in [3.63, 3.8) is 0 Å². The van der Waals surface area contributed by atoms with Gasteiger partial charge in [-0.1, -0.05) is 42.5 Å². The second kappa shape index (κ2) is 8.68. The van der Waals surface area contributed by atoms with Crippen LogP contribution < -0.4 is 4.74 Å². The molecule has 0 unspecified atom stereocenters. The van der Waals surface area contributed by atoms with Gasteiger partial charge in [0.1, 0.15) is 5.75 Å². The van der Waals surface area contributed by atoms with Crippen molar-refractivity contribution in [3.05, 3.63) is 71.3 Å². The Morgan fingerprint density at radius 1 is 1.04 bits per heavy atom. The molecule has 4 heteroatoms. The first kappa shape index (κ1) is 18.2. The van der Waals surface area contributed by atoms with Crippen molar-refractivity contribution in [1.82, 2.24) is 9.80 Å². The molecule has 0 saturated carbocycles. The maximum absolute atomic E-state index is 12.5. The topological polar surface area (TPSA) is 32.8 Å². The Labute approximate surface area is 155 Å². The van der Waals surface area contributed by atoms with E-state index in [1.54, 1.807) is 13.2 Å². The predicted octanol–water partition coefficient (Wildman–Crippen LogP) is 3.36. The molecule has 0 aromatic heterocycles. The fourth-order valence-electron chi connectivity index (χ4n) is 3.23. The van der Waals surface area contributed by atoms with E-state index in [4.69, 9.17) is 4.74 Å². The molecule has 0 N–H and O–H groups in total. The van der Waals surface area contributed by atoms with Crippen LogP contribution in [0.25, 0.3) is 6.08 Å². The summed E-state index contributed by atoms with van der Waals surface area (Å²) >= 11 is 0. The van der Waals surface area contributed by atoms with Crippen molar-refractivity contribution >= 4 is 12.0 Å². The fourth-order valence-corrected chi connectivity index (χ4v) is 3.23. The number of nitrogens with zero attached hydrogens (tertiary/aromatic N) is 2. The molecule has 1 aliphatic heterocycles. The smallest absolute Gasteiger partial charge is 0.246 e. The predicted molar refractivity (Wildman–Crippen MR) is 105 cm³/mol. The summed E-state index contributed by atoms with van der Waals surface area (Å²) in [6, 6.07) is 16.2. The number of amides is 1. The van der Waals surface area contributed by atoms with Gasteiger partial charge in [-0.3, -0.25) is 9.69 Å². The highest BCUT2D eigenvalue weighted by molar-refractivity contribution is 5.92. The Kier molecular flexibility index (Phi) is 6.08. The lowest BCUT2D eigenvalue weighted by atomic mass is 10.1. The first-order valence-electron chi connectivity index (χ1n) is 9.04. The fraction of sp³-hybridized carbons (Fsp3) is 0.318. The molecule has 26 heavy (non-hydrogen) atoms. The van der Waals surface area contributed by atoms with Gasteiger partial charge in [-0.2, -0.15) is 0 Å². The maximum atomic E-state index is 12.5. The van der Waals surface area contributed by atoms with Crippen LogP contribution in [0.15, 0.2) is 54.6 Å². The lowest BCUT2D eigenvalue weighted by molar-refractivity contribution is -0.127. The van der Waals surface area contributed by atoms with Gasteiger partial charge in [-0.25, -0.2) is 0 Å². The van der Waals surface area contributed by atoms with Gasteiger partial charge in [-0.15, -0.1) is 0 Å². The number of hydrogen-bond donors (Lipinski definition) is 0. The number of para-hydroxylation sites is 1. The van der Waals surface area contributed by atoms with Gasteiger partial charge >= 0.3 is 0 Å². The monoisotopic (exact) mass is 350 g/mol. The zero-order valence-corrected chi connectivity index (χ0v) is 15.5. The number of hydrogen-bond acceptors (Lipinski definition) is 3. The van der Waals surface area contributed by atoms with Gasteiger partial charge in [0.2, 0.25) is 5.91 Å². The second-order valence-corrected chi connectivity index (χ2v) is 6.60. The van der Waals surface area contributed by atoms with Crippen molar-refractivity contribution in [2.45, 2.75) is 13.5 Å². The summed E-state index contributed by atoms with van der Waals surface area (Å²) in [4.78, 5) is 16.8. The van der Waals surface area contributed by atoms with Crippen LogP contribution in [-0.4, -0.2) is 49.0 Å². The summed E-state index contributed by atoms with van der Waals surface area (Å²) in [5.41, 5.74) is 3.61. The van der Waals surface area contributed by atoms with Gasteiger partial charge in [0, 0.05) is 44.4 Å². The van der Waals surface area contributed by atoms with Crippen molar-refractivity contribution in [3.8, 4) is 5.75 Å². The van der Waals surface area contributed by atoms with Gasteiger partial charge in [-0.05, 0) is 30.2 Å². The molecule has 0 radical (unpaired) electrons. The SMILES string of the molecule is COc1ccccc1/C=C/C(=O)N1CCN(Cc2ccccc2C)CC1. The molecule has 136 valence electrons. The van der Waals surface area contributed by atoms with Crippen molar-refractivity contribution in [1.29, 1.82) is 0 Å². The summed E-state index contributed by atoms with van der Waals surface area (Å²) in [6.07, 6.45) is 3.48. The number of carbonyl (C=O) groups is 1. The Hall–Kier alpha value is -2.59. The van der Waals surface area contributed by atoms with Gasteiger partial charge in [0.25, 0.3) is 0 Å². The van der Waals surface area contributed by atoms with E-state index in [1.807, 2.05) is 35.2 Å². The third-order valence-corrected chi connectivity index (χ3v) is 4.88. The number of carbonyl (C=O) groups excluding carboxylic acids is 1. The normalized spacial score (nSPS) is 15.4. The van der Waals surface area contributed by atoms with Gasteiger partial charge < -0.3 is 9.64 Å². The van der Waals surface area contributed by atoms with E-state index in [1.165, 1.54) is 11.1 Å². The van der Waals surface area contributed by atoms with Crippen molar-refractivity contribution in [2.75, 3.05) is 33.3 Å². The molecule has 0 spiro atoms. The highest BCUT2D eigenvalue weighted by Gasteiger charge is 2.20. The van der Waals surface area contributed by atoms with Crippen LogP contribution >= 0.6 is 0 Å². The second-order valence-electron chi connectivity index (χ2n) is 6.60. The molecular formula is C22H26N2O2. The van der Waals surface area contributed by atoms with Crippen LogP contribution in [-0.2, 0) is 11.3 Å². The summed E-state index contributed by atoms with van der Waals surface area (Å²) in [6.45, 7) is 6.44. The Morgan fingerprint density at radius 3 is 2.46 bits per heavy atom. The van der Waals surface area contributed by atoms with E-state index in [-0.39, 0.29) is 5.91 Å². The standard InChI is InChI=1S/C22H26N2O2/c1-18-7-3-4-9-20(18)17-23-13-15-24(16-14-23)22(25)12-11-19-8-5-6-10-21(19)26-2/h3-12H,13-17H2,1-2H3/b12-11+. The Balaban J connectivity index is 1.53. The molecule has 2 aromatic rings. The molecule has 1 amide bonds. The number of rotatable bonds is 5. The molecular weight excluding hydrogens is 324 g/mol. The van der Waals surface area contributed by atoms with Crippen LogP contribution in [0, 0.1) is 6.92 Å². The average molecular weight is 350 g/mol. The first-order valence-corrected chi connectivity index (χ1v) is 9.04. The van der Waals surface area contributed by atoms with Crippen molar-refractivity contribution in [2.24, 2.45) is 0 Å². The minimum absolute atomic E-state index is 0.0615. The van der Waals surface area contributed by atoms with Gasteiger partial charge in [0.15, 0.2) is 0 Å². The number of piperazine rings is 1. The van der Waals surface area contributed by atoms with E-state index in [9.17, 15) is 4.79 Å². The third kappa shape index (κ3) is 4.52. The summed E-state index contributed by atoms with van der Waals surface area (Å²) in [5.74, 6) is 0.839. The number of aryl methyl sites for hydroxylation is 1. The molecule has 1 aliphatic rings. The first-order chi connectivity index (χ1) is 12.7. The minimum Gasteiger partial charge on any atom is -0.496 e. The lowest BCUT2D eigenvalue weighted by Crippen LogP contribution is -2.47. The maximum Gasteiger partial charge on any atom is 0.246 e. The summed E-state index contributed by atoms with van der Waals surface area (Å²) in [7, 11) is 1.64. The van der Waals surface area contributed by atoms with Crippen LogP contribution in [0.2, 0.25) is 0 Å². The van der Waals surface area contributed by atoms with Crippen LogP contribution in [0.1, 0.15) is 16.7 Å². The zero-order valence-electron chi connectivity index (χ0n) is 15.5. The highest BCUT2D eigenvalue weighted by atomic mass is 16.5. The van der Waals surface area contributed by atoms with E-state index in [0.29, 0.717) is 0 Å². The van der Waals surface area contributed by atoms with Crippen LogP contribution in [0.5, 0.6) is 5.75 Å². The molecule has 1 heterocycles. The molecule has 1 fully saturated rings. The minimum atomic E-state index is 0.0615. The highest BCUT2D eigenvalue weighted by Crippen LogP contribution is 2.19. The van der Waals surface area contributed by atoms with E-state index in [0.717, 1.165) is 44.0 Å². The van der Waals surface area contributed by atoms with E-state index in [2.05, 4.69) is 36.1 Å². The van der Waals surface area contributed by atoms with Crippen LogP contribution in [0.3, 0.4) is 0 Å². The van der Waals surface area contributed by atoms with Crippen LogP contribution in [0.4, 0.5) is 0 Å². The molecule has 1 saturated heterocycles. The zero-order chi connectivity index (χ0) is 18.4. The Morgan fingerprint density at radius 2 is 1.73 bits per heavy atom. The van der Waals surface area contributed by atoms with Gasteiger partial charge in [0.05, 0.1) is 7.11 Å². The number of methoxy groups -OCH3 is 1. The molecule has 4 nitrogen and oxygen atoms in total. The quantitative estimate of drug-likeness (QED) is 0.775. The number of ether oxygens (including phenoxy) is 1.